The van der Waals surface area contributed by atoms with E-state index in [0.717, 1.165) is 12.8 Å². The number of carbonyl (C=O) groups excluding carboxylic acids is 3. The molecule has 0 bridgehead atoms. The van der Waals surface area contributed by atoms with E-state index in [9.17, 15) is 14.4 Å². The standard InChI is InChI=1S/C19H22N4O3/c1-3-4-10-23-18(25)15-7-6-14(11-16(15)19(23)26)17(24)21-13(2)12-22-9-5-8-20-22/h5-9,11,13H,3-4,10,12H2,1-2H3,(H,21,24)/t13-/m0/s1. The Labute approximate surface area is 152 Å². The molecule has 7 heteroatoms. The quantitative estimate of drug-likeness (QED) is 0.772. The van der Waals surface area contributed by atoms with Gasteiger partial charge in [-0.2, -0.15) is 5.10 Å². The fourth-order valence-electron chi connectivity index (χ4n) is 2.99. The molecule has 2 aromatic rings. The van der Waals surface area contributed by atoms with Gasteiger partial charge in [0.15, 0.2) is 0 Å². The Bertz CT molecular complexity index is 829. The topological polar surface area (TPSA) is 84.3 Å². The van der Waals surface area contributed by atoms with E-state index in [1.807, 2.05) is 26.1 Å². The van der Waals surface area contributed by atoms with Gasteiger partial charge in [-0.1, -0.05) is 13.3 Å². The third kappa shape index (κ3) is 3.51. The van der Waals surface area contributed by atoms with Gasteiger partial charge in [-0.3, -0.25) is 24.0 Å². The number of nitrogens with zero attached hydrogens (tertiary/aromatic N) is 3. The van der Waals surface area contributed by atoms with Gasteiger partial charge in [0.25, 0.3) is 17.7 Å². The number of aromatic nitrogens is 2. The first kappa shape index (κ1) is 17.8. The maximum atomic E-state index is 12.5. The second kappa shape index (κ2) is 7.51. The van der Waals surface area contributed by atoms with E-state index in [1.165, 1.54) is 11.0 Å². The predicted octanol–water partition coefficient (Wildman–Crippen LogP) is 2.10. The van der Waals surface area contributed by atoms with Gasteiger partial charge in [-0.15, -0.1) is 0 Å². The normalized spacial score (nSPS) is 14.5. The van der Waals surface area contributed by atoms with Gasteiger partial charge in [0, 0.05) is 30.5 Å². The maximum absolute atomic E-state index is 12.5. The lowest BCUT2D eigenvalue weighted by molar-refractivity contribution is 0.0652. The number of rotatable bonds is 7. The average molecular weight is 354 g/mol. The molecule has 0 unspecified atom stereocenters. The number of nitrogens with one attached hydrogen (secondary N) is 1. The molecule has 7 nitrogen and oxygen atoms in total. The fourth-order valence-corrected chi connectivity index (χ4v) is 2.99. The monoisotopic (exact) mass is 354 g/mol. The first-order chi connectivity index (χ1) is 12.5. The van der Waals surface area contributed by atoms with Gasteiger partial charge in [0.2, 0.25) is 0 Å². The van der Waals surface area contributed by atoms with E-state index in [-0.39, 0.29) is 23.8 Å². The molecule has 1 aliphatic heterocycles. The van der Waals surface area contributed by atoms with E-state index in [1.54, 1.807) is 23.0 Å². The summed E-state index contributed by atoms with van der Waals surface area (Å²) in [6, 6.07) is 6.35. The molecule has 0 fully saturated rings. The van der Waals surface area contributed by atoms with E-state index in [2.05, 4.69) is 10.4 Å². The highest BCUT2D eigenvalue weighted by atomic mass is 16.2. The van der Waals surface area contributed by atoms with Crippen molar-refractivity contribution >= 4 is 17.7 Å². The van der Waals surface area contributed by atoms with Crippen LogP contribution in [0.1, 0.15) is 57.8 Å². The molecular weight excluding hydrogens is 332 g/mol. The Balaban J connectivity index is 1.71. The van der Waals surface area contributed by atoms with E-state index in [4.69, 9.17) is 0 Å². The van der Waals surface area contributed by atoms with Crippen LogP contribution in [-0.4, -0.2) is 45.0 Å². The number of hydrogen-bond donors (Lipinski definition) is 1. The second-order valence-electron chi connectivity index (χ2n) is 6.48. The van der Waals surface area contributed by atoms with Crippen molar-refractivity contribution in [2.45, 2.75) is 39.3 Å². The summed E-state index contributed by atoms with van der Waals surface area (Å²) in [7, 11) is 0. The molecule has 2 heterocycles. The van der Waals surface area contributed by atoms with Crippen LogP contribution < -0.4 is 5.32 Å². The van der Waals surface area contributed by atoms with Gasteiger partial charge in [0.05, 0.1) is 17.7 Å². The van der Waals surface area contributed by atoms with Crippen molar-refractivity contribution in [2.75, 3.05) is 6.54 Å². The third-order valence-electron chi connectivity index (χ3n) is 4.37. The van der Waals surface area contributed by atoms with E-state index in [0.29, 0.717) is 29.8 Å². The van der Waals surface area contributed by atoms with E-state index < -0.39 is 0 Å². The summed E-state index contributed by atoms with van der Waals surface area (Å²) < 4.78 is 1.74. The molecule has 1 aromatic heterocycles. The molecule has 0 saturated heterocycles. The summed E-state index contributed by atoms with van der Waals surface area (Å²) in [5.74, 6) is -0.880. The SMILES string of the molecule is CCCCN1C(=O)c2ccc(C(=O)N[C@@H](C)Cn3cccn3)cc2C1=O. The van der Waals surface area contributed by atoms with Crippen LogP contribution in [0.2, 0.25) is 0 Å². The van der Waals surface area contributed by atoms with Crippen molar-refractivity contribution in [3.05, 3.63) is 53.3 Å². The van der Waals surface area contributed by atoms with Gasteiger partial charge in [0.1, 0.15) is 0 Å². The number of imide groups is 1. The number of hydrogen-bond acceptors (Lipinski definition) is 4. The minimum Gasteiger partial charge on any atom is -0.348 e. The lowest BCUT2D eigenvalue weighted by Gasteiger charge is -2.14. The van der Waals surface area contributed by atoms with Crippen molar-refractivity contribution in [3.63, 3.8) is 0 Å². The first-order valence-corrected chi connectivity index (χ1v) is 8.79. The van der Waals surface area contributed by atoms with Crippen molar-refractivity contribution < 1.29 is 14.4 Å². The van der Waals surface area contributed by atoms with Gasteiger partial charge >= 0.3 is 0 Å². The highest BCUT2D eigenvalue weighted by Gasteiger charge is 2.35. The molecule has 1 aliphatic rings. The molecule has 136 valence electrons. The number of amides is 3. The largest absolute Gasteiger partial charge is 0.348 e. The molecule has 3 amide bonds. The number of fused-ring (bicyclic) bond motifs is 1. The molecule has 0 saturated carbocycles. The molecule has 26 heavy (non-hydrogen) atoms. The zero-order valence-electron chi connectivity index (χ0n) is 14.9. The maximum Gasteiger partial charge on any atom is 0.261 e. The molecule has 0 radical (unpaired) electrons. The Morgan fingerprint density at radius 3 is 2.69 bits per heavy atom. The van der Waals surface area contributed by atoms with Crippen molar-refractivity contribution in [3.8, 4) is 0 Å². The zero-order chi connectivity index (χ0) is 18.7. The van der Waals surface area contributed by atoms with Crippen LogP contribution >= 0.6 is 0 Å². The zero-order valence-corrected chi connectivity index (χ0v) is 14.9. The molecule has 1 N–H and O–H groups in total. The third-order valence-corrected chi connectivity index (χ3v) is 4.37. The van der Waals surface area contributed by atoms with Crippen LogP contribution in [-0.2, 0) is 6.54 Å². The summed E-state index contributed by atoms with van der Waals surface area (Å²) >= 11 is 0. The lowest BCUT2D eigenvalue weighted by Crippen LogP contribution is -2.35. The predicted molar refractivity (Wildman–Crippen MR) is 95.9 cm³/mol. The van der Waals surface area contributed by atoms with E-state index >= 15 is 0 Å². The summed E-state index contributed by atoms with van der Waals surface area (Å²) in [5, 5.41) is 7.00. The summed E-state index contributed by atoms with van der Waals surface area (Å²) in [6.45, 7) is 4.84. The van der Waals surface area contributed by atoms with Crippen LogP contribution in [0, 0.1) is 0 Å². The lowest BCUT2D eigenvalue weighted by atomic mass is 10.1. The van der Waals surface area contributed by atoms with Crippen molar-refractivity contribution in [1.29, 1.82) is 0 Å². The van der Waals surface area contributed by atoms with Crippen LogP contribution in [0.4, 0.5) is 0 Å². The Kier molecular flexibility index (Phi) is 5.16. The second-order valence-corrected chi connectivity index (χ2v) is 6.48. The van der Waals surface area contributed by atoms with Crippen molar-refractivity contribution in [1.82, 2.24) is 20.0 Å². The number of unbranched alkanes of at least 4 members (excludes halogenated alkanes) is 1. The molecular formula is C19H22N4O3. The Morgan fingerprint density at radius 2 is 2.00 bits per heavy atom. The first-order valence-electron chi connectivity index (χ1n) is 8.79. The Morgan fingerprint density at radius 1 is 1.23 bits per heavy atom. The molecule has 0 aliphatic carbocycles. The van der Waals surface area contributed by atoms with Gasteiger partial charge in [-0.25, -0.2) is 0 Å². The van der Waals surface area contributed by atoms with Crippen LogP contribution in [0.15, 0.2) is 36.7 Å². The summed E-state index contributed by atoms with van der Waals surface area (Å²) in [5.41, 5.74) is 1.04. The summed E-state index contributed by atoms with van der Waals surface area (Å²) in [6.07, 6.45) is 5.17. The highest BCUT2D eigenvalue weighted by Crippen LogP contribution is 2.24. The van der Waals surface area contributed by atoms with Crippen molar-refractivity contribution in [2.24, 2.45) is 0 Å². The molecule has 3 rings (SSSR count). The number of benzene rings is 1. The highest BCUT2D eigenvalue weighted by molar-refractivity contribution is 6.22. The Hall–Kier alpha value is -2.96. The average Bonchev–Trinajstić information content (AvgIpc) is 3.21. The van der Waals surface area contributed by atoms with Crippen LogP contribution in [0.3, 0.4) is 0 Å². The van der Waals surface area contributed by atoms with Gasteiger partial charge in [-0.05, 0) is 37.6 Å². The molecule has 1 aromatic carbocycles. The van der Waals surface area contributed by atoms with Crippen LogP contribution in [0.5, 0.6) is 0 Å². The molecule has 1 atom stereocenters. The smallest absolute Gasteiger partial charge is 0.261 e. The number of carbonyl (C=O) groups is 3. The summed E-state index contributed by atoms with van der Waals surface area (Å²) in [4.78, 5) is 38.6. The fraction of sp³-hybridized carbons (Fsp3) is 0.368. The van der Waals surface area contributed by atoms with Crippen LogP contribution in [0.25, 0.3) is 0 Å². The molecule has 0 spiro atoms. The van der Waals surface area contributed by atoms with Gasteiger partial charge < -0.3 is 5.32 Å². The minimum absolute atomic E-state index is 0.131. The minimum atomic E-state index is -0.322.